The lowest BCUT2D eigenvalue weighted by molar-refractivity contribution is 0.0196. The third kappa shape index (κ3) is 2.61. The maximum absolute atomic E-state index is 11.9. The average Bonchev–Trinajstić information content (AvgIpc) is 3.02. The van der Waals surface area contributed by atoms with Crippen LogP contribution >= 0.6 is 0 Å². The molecule has 0 radical (unpaired) electrons. The normalized spacial score (nSPS) is 16.8. The topological polar surface area (TPSA) is 71.9 Å². The van der Waals surface area contributed by atoms with Gasteiger partial charge in [-0.3, -0.25) is 10.00 Å². The molecule has 1 fully saturated rings. The van der Waals surface area contributed by atoms with Gasteiger partial charge in [-0.2, -0.15) is 0 Å². The molecule has 0 amide bonds. The Bertz CT molecular complexity index is 556. The Hall–Kier alpha value is -1.86. The minimum Gasteiger partial charge on any atom is -0.461 e. The number of H-pyrrole nitrogens is 1. The molecule has 7 heteroatoms. The fraction of sp³-hybridized carbons (Fsp3) is 0.500. The number of fused-ring (bicyclic) bond motifs is 1. The molecule has 0 aromatic carbocycles. The van der Waals surface area contributed by atoms with Crippen LogP contribution in [-0.2, 0) is 9.47 Å². The molecule has 3 heterocycles. The van der Waals surface area contributed by atoms with E-state index in [0.29, 0.717) is 17.8 Å². The van der Waals surface area contributed by atoms with E-state index in [4.69, 9.17) is 9.47 Å². The van der Waals surface area contributed by atoms with Gasteiger partial charge in [-0.05, 0) is 0 Å². The Morgan fingerprint density at radius 3 is 3.16 bits per heavy atom. The molecule has 0 unspecified atom stereocenters. The molecule has 0 bridgehead atoms. The van der Waals surface area contributed by atoms with Crippen LogP contribution in [0.3, 0.4) is 0 Å². The number of imidazole rings is 1. The Morgan fingerprint density at radius 2 is 2.32 bits per heavy atom. The van der Waals surface area contributed by atoms with Crippen molar-refractivity contribution in [3.05, 3.63) is 24.2 Å². The van der Waals surface area contributed by atoms with Gasteiger partial charge >= 0.3 is 5.97 Å². The van der Waals surface area contributed by atoms with Crippen molar-refractivity contribution in [3.63, 3.8) is 0 Å². The first-order chi connectivity index (χ1) is 9.34. The van der Waals surface area contributed by atoms with Crippen LogP contribution in [0.15, 0.2) is 18.6 Å². The molecule has 0 atom stereocenters. The molecule has 1 aliphatic heterocycles. The summed E-state index contributed by atoms with van der Waals surface area (Å²) in [6.45, 7) is 4.42. The van der Waals surface area contributed by atoms with Crippen molar-refractivity contribution in [3.8, 4) is 0 Å². The number of morpholine rings is 1. The van der Waals surface area contributed by atoms with Gasteiger partial charge in [0.25, 0.3) is 0 Å². The fourth-order valence-corrected chi connectivity index (χ4v) is 2.13. The zero-order chi connectivity index (χ0) is 13.1. The first kappa shape index (κ1) is 12.2. The van der Waals surface area contributed by atoms with Gasteiger partial charge in [-0.1, -0.05) is 0 Å². The lowest BCUT2D eigenvalue weighted by Crippen LogP contribution is -2.38. The van der Waals surface area contributed by atoms with Crippen molar-refractivity contribution in [1.82, 2.24) is 19.5 Å². The van der Waals surface area contributed by atoms with Gasteiger partial charge in [-0.25, -0.2) is 14.3 Å². The maximum Gasteiger partial charge on any atom is 0.343 e. The first-order valence-electron chi connectivity index (χ1n) is 6.32. The van der Waals surface area contributed by atoms with Crippen molar-refractivity contribution in [2.24, 2.45) is 0 Å². The number of hydrogen-bond acceptors (Lipinski definition) is 5. The summed E-state index contributed by atoms with van der Waals surface area (Å²) >= 11 is 0. The van der Waals surface area contributed by atoms with Crippen LogP contribution in [0, 0.1) is 0 Å². The van der Waals surface area contributed by atoms with Gasteiger partial charge in [0.1, 0.15) is 12.2 Å². The molecule has 3 rings (SSSR count). The molecule has 1 saturated heterocycles. The van der Waals surface area contributed by atoms with Crippen LogP contribution in [0.4, 0.5) is 0 Å². The largest absolute Gasteiger partial charge is 0.461 e. The highest BCUT2D eigenvalue weighted by Crippen LogP contribution is 2.09. The lowest BCUT2D eigenvalue weighted by atomic mass is 10.3. The van der Waals surface area contributed by atoms with Gasteiger partial charge in [0.15, 0.2) is 5.65 Å². The molecule has 2 aromatic heterocycles. The Balaban J connectivity index is 1.52. The minimum absolute atomic E-state index is 0.342. The van der Waals surface area contributed by atoms with Crippen LogP contribution < -0.4 is 0 Å². The fourth-order valence-electron chi connectivity index (χ4n) is 2.13. The van der Waals surface area contributed by atoms with Gasteiger partial charge < -0.3 is 9.47 Å². The predicted octanol–water partition coefficient (Wildman–Crippen LogP) is 0.151. The second-order valence-corrected chi connectivity index (χ2v) is 4.40. The van der Waals surface area contributed by atoms with Gasteiger partial charge in [0, 0.05) is 38.2 Å². The van der Waals surface area contributed by atoms with E-state index in [-0.39, 0.29) is 5.97 Å². The second kappa shape index (κ2) is 5.41. The predicted molar refractivity (Wildman–Crippen MR) is 67.1 cm³/mol. The highest BCUT2D eigenvalue weighted by atomic mass is 16.5. The molecule has 102 valence electrons. The number of carbonyl (C=O) groups is 1. The summed E-state index contributed by atoms with van der Waals surface area (Å²) in [6.07, 6.45) is 5.00. The summed E-state index contributed by atoms with van der Waals surface area (Å²) in [6, 6.07) is 0. The summed E-state index contributed by atoms with van der Waals surface area (Å²) in [4.78, 5) is 18.2. The van der Waals surface area contributed by atoms with Crippen molar-refractivity contribution in [1.29, 1.82) is 0 Å². The lowest BCUT2D eigenvalue weighted by Gasteiger charge is -2.26. The standard InChI is InChI=1S/C12H16N4O3/c17-12(10-9-14-16-2-1-13-11(10)16)19-8-5-15-3-6-18-7-4-15/h1-2,9,14H,3-8H2. The number of nitrogens with zero attached hydrogens (tertiary/aromatic N) is 3. The van der Waals surface area contributed by atoms with Crippen LogP contribution in [0.1, 0.15) is 10.4 Å². The summed E-state index contributed by atoms with van der Waals surface area (Å²) in [7, 11) is 0. The van der Waals surface area contributed by atoms with E-state index in [1.807, 2.05) is 0 Å². The van der Waals surface area contributed by atoms with E-state index in [0.717, 1.165) is 32.8 Å². The van der Waals surface area contributed by atoms with Crippen LogP contribution in [0.25, 0.3) is 5.65 Å². The molecule has 0 saturated carbocycles. The monoisotopic (exact) mass is 264 g/mol. The van der Waals surface area contributed by atoms with Crippen molar-refractivity contribution >= 4 is 11.6 Å². The third-order valence-corrected chi connectivity index (χ3v) is 3.19. The number of esters is 1. The molecule has 2 aromatic rings. The zero-order valence-electron chi connectivity index (χ0n) is 10.5. The van der Waals surface area contributed by atoms with E-state index in [1.165, 1.54) is 0 Å². The smallest absolute Gasteiger partial charge is 0.343 e. The molecule has 19 heavy (non-hydrogen) atoms. The Labute approximate surface area is 110 Å². The number of carbonyl (C=O) groups excluding carboxylic acids is 1. The summed E-state index contributed by atoms with van der Waals surface area (Å²) in [5, 5.41) is 2.92. The SMILES string of the molecule is O=C(OCCN1CCOCC1)c1c[nH]n2ccnc12. The maximum atomic E-state index is 11.9. The molecular formula is C12H16N4O3. The molecular weight excluding hydrogens is 248 g/mol. The van der Waals surface area contributed by atoms with Crippen LogP contribution in [-0.4, -0.2) is 64.9 Å². The number of rotatable bonds is 4. The Morgan fingerprint density at radius 1 is 1.47 bits per heavy atom. The number of hydrogen-bond donors (Lipinski definition) is 1. The van der Waals surface area contributed by atoms with Crippen LogP contribution in [0.5, 0.6) is 0 Å². The summed E-state index contributed by atoms with van der Waals surface area (Å²) < 4.78 is 12.2. The highest BCUT2D eigenvalue weighted by molar-refractivity contribution is 5.95. The van der Waals surface area contributed by atoms with Crippen LogP contribution in [0.2, 0.25) is 0 Å². The summed E-state index contributed by atoms with van der Waals surface area (Å²) in [5.41, 5.74) is 1.06. The third-order valence-electron chi connectivity index (χ3n) is 3.19. The first-order valence-corrected chi connectivity index (χ1v) is 6.32. The number of aromatic amines is 1. The van der Waals surface area contributed by atoms with E-state index >= 15 is 0 Å². The van der Waals surface area contributed by atoms with Gasteiger partial charge in [0.2, 0.25) is 0 Å². The van der Waals surface area contributed by atoms with E-state index in [1.54, 1.807) is 23.1 Å². The van der Waals surface area contributed by atoms with E-state index in [9.17, 15) is 4.79 Å². The van der Waals surface area contributed by atoms with E-state index < -0.39 is 0 Å². The summed E-state index contributed by atoms with van der Waals surface area (Å²) in [5.74, 6) is -0.342. The zero-order valence-corrected chi connectivity index (χ0v) is 10.5. The number of aromatic nitrogens is 3. The van der Waals surface area contributed by atoms with Crippen molar-refractivity contribution in [2.45, 2.75) is 0 Å². The second-order valence-electron chi connectivity index (χ2n) is 4.40. The number of nitrogens with one attached hydrogen (secondary N) is 1. The molecule has 0 aliphatic carbocycles. The van der Waals surface area contributed by atoms with Crippen molar-refractivity contribution < 1.29 is 14.3 Å². The van der Waals surface area contributed by atoms with Gasteiger partial charge in [0.05, 0.1) is 13.2 Å². The minimum atomic E-state index is -0.342. The van der Waals surface area contributed by atoms with Gasteiger partial charge in [-0.15, -0.1) is 0 Å². The molecule has 7 nitrogen and oxygen atoms in total. The Kier molecular flexibility index (Phi) is 3.47. The molecule has 1 N–H and O–H groups in total. The molecule has 0 spiro atoms. The number of ether oxygens (including phenoxy) is 2. The average molecular weight is 264 g/mol. The van der Waals surface area contributed by atoms with Crippen molar-refractivity contribution in [2.75, 3.05) is 39.5 Å². The molecule has 1 aliphatic rings. The highest BCUT2D eigenvalue weighted by Gasteiger charge is 2.16. The quantitative estimate of drug-likeness (QED) is 0.796. The van der Waals surface area contributed by atoms with E-state index in [2.05, 4.69) is 15.0 Å².